The largest absolute Gasteiger partial charge is 0.475 e. The molecule has 6 nitrogen and oxygen atoms in total. The monoisotopic (exact) mass is 372 g/mol. The van der Waals surface area contributed by atoms with Gasteiger partial charge in [0.15, 0.2) is 5.11 Å². The van der Waals surface area contributed by atoms with Crippen LogP contribution in [0.4, 0.5) is 5.69 Å². The Hall–Kier alpha value is -2.67. The molecule has 7 heteroatoms. The lowest BCUT2D eigenvalue weighted by atomic mass is 9.89. The van der Waals surface area contributed by atoms with Crippen molar-refractivity contribution in [1.29, 1.82) is 0 Å². The maximum absolute atomic E-state index is 12.3. The minimum atomic E-state index is -1.13. The molecule has 0 bridgehead atoms. The Morgan fingerprint density at radius 1 is 1.08 bits per heavy atom. The highest BCUT2D eigenvalue weighted by Crippen LogP contribution is 2.29. The number of carboxylic acid groups (broad SMARTS) is 1. The number of rotatable bonds is 4. The highest BCUT2D eigenvalue weighted by molar-refractivity contribution is 7.80. The molecule has 1 saturated carbocycles. The summed E-state index contributed by atoms with van der Waals surface area (Å²) < 4.78 is 5.36. The van der Waals surface area contributed by atoms with Crippen molar-refractivity contribution in [3.63, 3.8) is 0 Å². The minimum Gasteiger partial charge on any atom is -0.475 e. The summed E-state index contributed by atoms with van der Waals surface area (Å²) in [5.41, 5.74) is 1.29. The number of carboxylic acids is 1. The van der Waals surface area contributed by atoms with Crippen LogP contribution in [-0.4, -0.2) is 22.1 Å². The molecule has 3 rings (SSSR count). The number of hydrogen-bond acceptors (Lipinski definition) is 4. The van der Waals surface area contributed by atoms with Gasteiger partial charge in [0, 0.05) is 11.5 Å². The number of para-hydroxylation sites is 1. The Morgan fingerprint density at radius 3 is 2.50 bits per heavy atom. The van der Waals surface area contributed by atoms with Crippen LogP contribution in [0, 0.1) is 5.92 Å². The van der Waals surface area contributed by atoms with E-state index in [1.165, 1.54) is 12.5 Å². The molecule has 26 heavy (non-hydrogen) atoms. The van der Waals surface area contributed by atoms with Gasteiger partial charge in [-0.15, -0.1) is 0 Å². The number of benzene rings is 1. The zero-order valence-electron chi connectivity index (χ0n) is 14.2. The minimum absolute atomic E-state index is 0.0157. The predicted octanol–water partition coefficient (Wildman–Crippen LogP) is 4.04. The molecule has 3 N–H and O–H groups in total. The third-order valence-corrected chi connectivity index (χ3v) is 4.67. The Labute approximate surface area is 156 Å². The van der Waals surface area contributed by atoms with Crippen LogP contribution in [0.5, 0.6) is 0 Å². The molecule has 1 aliphatic rings. The van der Waals surface area contributed by atoms with Crippen molar-refractivity contribution in [2.24, 2.45) is 5.92 Å². The molecule has 1 aromatic heterocycles. The number of aromatic carboxylic acids is 1. The van der Waals surface area contributed by atoms with Gasteiger partial charge in [0.2, 0.25) is 11.7 Å². The van der Waals surface area contributed by atoms with Crippen LogP contribution < -0.4 is 10.6 Å². The molecule has 2 aromatic rings. The highest BCUT2D eigenvalue weighted by atomic mass is 32.1. The molecular weight excluding hydrogens is 352 g/mol. The number of thiocarbonyl (C=S) groups is 1. The van der Waals surface area contributed by atoms with Crippen LogP contribution in [0.2, 0.25) is 0 Å². The molecule has 1 aromatic carbocycles. The average molecular weight is 372 g/mol. The second kappa shape index (κ2) is 8.14. The third-order valence-electron chi connectivity index (χ3n) is 4.47. The molecule has 1 fully saturated rings. The Balaban J connectivity index is 1.70. The number of carbonyl (C=O) groups is 2. The molecule has 0 aliphatic heterocycles. The quantitative estimate of drug-likeness (QED) is 0.702. The van der Waals surface area contributed by atoms with Crippen molar-refractivity contribution in [1.82, 2.24) is 5.32 Å². The smallest absolute Gasteiger partial charge is 0.371 e. The van der Waals surface area contributed by atoms with Gasteiger partial charge in [0.05, 0.1) is 5.69 Å². The molecule has 136 valence electrons. The van der Waals surface area contributed by atoms with Crippen LogP contribution >= 0.6 is 12.2 Å². The Morgan fingerprint density at radius 2 is 1.81 bits per heavy atom. The van der Waals surface area contributed by atoms with Crippen molar-refractivity contribution >= 4 is 34.9 Å². The van der Waals surface area contributed by atoms with E-state index in [2.05, 4.69) is 10.6 Å². The first-order valence-electron chi connectivity index (χ1n) is 8.59. The molecular formula is C19H20N2O4S. The Kier molecular flexibility index (Phi) is 5.68. The van der Waals surface area contributed by atoms with Crippen molar-refractivity contribution in [3.8, 4) is 11.3 Å². The van der Waals surface area contributed by atoms with Gasteiger partial charge in [-0.1, -0.05) is 31.4 Å². The van der Waals surface area contributed by atoms with Crippen LogP contribution in [-0.2, 0) is 4.79 Å². The number of carbonyl (C=O) groups excluding carboxylic acids is 1. The van der Waals surface area contributed by atoms with Gasteiger partial charge in [-0.3, -0.25) is 4.79 Å². The lowest BCUT2D eigenvalue weighted by Crippen LogP contribution is -2.39. The van der Waals surface area contributed by atoms with E-state index >= 15 is 0 Å². The number of anilines is 1. The maximum atomic E-state index is 12.3. The van der Waals surface area contributed by atoms with E-state index in [-0.39, 0.29) is 22.7 Å². The summed E-state index contributed by atoms with van der Waals surface area (Å²) in [7, 11) is 0. The van der Waals surface area contributed by atoms with Crippen molar-refractivity contribution in [2.75, 3.05) is 5.32 Å². The fourth-order valence-corrected chi connectivity index (χ4v) is 3.35. The Bertz CT molecular complexity index is 824. The second-order valence-electron chi connectivity index (χ2n) is 6.29. The summed E-state index contributed by atoms with van der Waals surface area (Å²) in [6.45, 7) is 0. The van der Waals surface area contributed by atoms with Crippen LogP contribution in [0.15, 0.2) is 40.8 Å². The lowest BCUT2D eigenvalue weighted by Gasteiger charge is -2.21. The fraction of sp³-hybridized carbons (Fsp3) is 0.316. The van der Waals surface area contributed by atoms with E-state index in [0.717, 1.165) is 25.7 Å². The predicted molar refractivity (Wildman–Crippen MR) is 102 cm³/mol. The number of amides is 1. The average Bonchev–Trinajstić information content (AvgIpc) is 3.13. The van der Waals surface area contributed by atoms with Gasteiger partial charge in [-0.25, -0.2) is 4.79 Å². The van der Waals surface area contributed by atoms with Gasteiger partial charge in [0.25, 0.3) is 0 Å². The summed E-state index contributed by atoms with van der Waals surface area (Å²) in [5, 5.41) is 15.0. The summed E-state index contributed by atoms with van der Waals surface area (Å²) in [6, 6.07) is 10.2. The topological polar surface area (TPSA) is 91.6 Å². The lowest BCUT2D eigenvalue weighted by molar-refractivity contribution is -0.124. The molecule has 0 radical (unpaired) electrons. The zero-order chi connectivity index (χ0) is 18.5. The van der Waals surface area contributed by atoms with Gasteiger partial charge < -0.3 is 20.2 Å². The molecule has 0 unspecified atom stereocenters. The maximum Gasteiger partial charge on any atom is 0.371 e. The van der Waals surface area contributed by atoms with E-state index in [1.54, 1.807) is 18.2 Å². The van der Waals surface area contributed by atoms with Crippen LogP contribution in [0.1, 0.15) is 42.7 Å². The summed E-state index contributed by atoms with van der Waals surface area (Å²) in [6.07, 6.45) is 5.13. The zero-order valence-corrected chi connectivity index (χ0v) is 15.0. The third kappa shape index (κ3) is 4.29. The van der Waals surface area contributed by atoms with Gasteiger partial charge in [-0.05, 0) is 49.3 Å². The summed E-state index contributed by atoms with van der Waals surface area (Å²) in [5.74, 6) is -0.889. The van der Waals surface area contributed by atoms with E-state index < -0.39 is 5.97 Å². The molecule has 0 saturated heterocycles. The van der Waals surface area contributed by atoms with Gasteiger partial charge in [-0.2, -0.15) is 0 Å². The highest BCUT2D eigenvalue weighted by Gasteiger charge is 2.22. The fourth-order valence-electron chi connectivity index (χ4n) is 3.14. The SMILES string of the molecule is O=C(O)c1ccc(-c2ccccc2NC(=S)NC(=O)C2CCCCC2)o1. The number of hydrogen-bond donors (Lipinski definition) is 3. The standard InChI is InChI=1S/C19H20N2O4S/c22-17(12-6-2-1-3-7-12)21-19(26)20-14-9-5-4-8-13(14)15-10-11-16(25-15)18(23)24/h4-5,8-12H,1-3,6-7H2,(H,23,24)(H2,20,21,22,26). The van der Waals surface area contributed by atoms with E-state index in [4.69, 9.17) is 21.7 Å². The molecule has 0 atom stereocenters. The van der Waals surface area contributed by atoms with Crippen molar-refractivity contribution in [3.05, 3.63) is 42.2 Å². The summed E-state index contributed by atoms with van der Waals surface area (Å²) >= 11 is 5.27. The number of nitrogens with one attached hydrogen (secondary N) is 2. The first-order valence-corrected chi connectivity index (χ1v) is 9.00. The molecule has 0 spiro atoms. The van der Waals surface area contributed by atoms with E-state index in [9.17, 15) is 9.59 Å². The van der Waals surface area contributed by atoms with E-state index in [1.807, 2.05) is 12.1 Å². The van der Waals surface area contributed by atoms with Crippen molar-refractivity contribution < 1.29 is 19.1 Å². The summed E-state index contributed by atoms with van der Waals surface area (Å²) in [4.78, 5) is 23.3. The van der Waals surface area contributed by atoms with Crippen LogP contribution in [0.3, 0.4) is 0 Å². The first kappa shape index (κ1) is 18.1. The second-order valence-corrected chi connectivity index (χ2v) is 6.70. The normalized spacial score (nSPS) is 14.6. The molecule has 1 aliphatic carbocycles. The molecule has 1 amide bonds. The van der Waals surface area contributed by atoms with E-state index in [0.29, 0.717) is 17.0 Å². The molecule has 1 heterocycles. The van der Waals surface area contributed by atoms with Crippen molar-refractivity contribution in [2.45, 2.75) is 32.1 Å². The van der Waals surface area contributed by atoms with Gasteiger partial charge >= 0.3 is 5.97 Å². The first-order chi connectivity index (χ1) is 12.5. The van der Waals surface area contributed by atoms with Crippen LogP contribution in [0.25, 0.3) is 11.3 Å². The number of furan rings is 1. The van der Waals surface area contributed by atoms with Gasteiger partial charge in [0.1, 0.15) is 5.76 Å².